The van der Waals surface area contributed by atoms with Crippen molar-refractivity contribution in [3.05, 3.63) is 95.8 Å². The molecule has 0 radical (unpaired) electrons. The number of carbonyl (C=O) groups is 2. The Hall–Kier alpha value is -5.87. The largest absolute Gasteiger partial charge is 0.465 e. The zero-order chi connectivity index (χ0) is 39.8. The normalized spacial score (nSPS) is 14.8. The fourth-order valence-corrected chi connectivity index (χ4v) is 6.20. The molecule has 294 valence electrons. The second-order valence-corrected chi connectivity index (χ2v) is 12.9. The van der Waals surface area contributed by atoms with E-state index in [9.17, 15) is 22.8 Å². The summed E-state index contributed by atoms with van der Waals surface area (Å²) >= 11 is 0. The van der Waals surface area contributed by atoms with E-state index in [1.165, 1.54) is 13.0 Å². The minimum atomic E-state index is -1.06. The Kier molecular flexibility index (Phi) is 12.9. The summed E-state index contributed by atoms with van der Waals surface area (Å²) in [4.78, 5) is 41.1. The molecule has 1 unspecified atom stereocenters. The highest BCUT2D eigenvalue weighted by Crippen LogP contribution is 2.39. The van der Waals surface area contributed by atoms with Gasteiger partial charge in [0.2, 0.25) is 5.91 Å². The molecule has 2 aromatic carbocycles. The first-order valence-electron chi connectivity index (χ1n) is 18.1. The van der Waals surface area contributed by atoms with Crippen LogP contribution in [-0.2, 0) is 23.8 Å². The number of hydrogen-bond donors (Lipinski definition) is 2. The molecule has 2 aliphatic heterocycles. The number of benzene rings is 2. The number of halogens is 4. The number of ether oxygens (including phenoxy) is 3. The third-order valence-electron chi connectivity index (χ3n) is 9.18. The van der Waals surface area contributed by atoms with E-state index in [1.807, 2.05) is 37.4 Å². The first-order valence-corrected chi connectivity index (χ1v) is 18.1. The lowest BCUT2D eigenvalue weighted by Crippen LogP contribution is -2.38. The Morgan fingerprint density at radius 3 is 2.21 bits per heavy atom. The van der Waals surface area contributed by atoms with Gasteiger partial charge in [0.15, 0.2) is 11.6 Å². The van der Waals surface area contributed by atoms with E-state index in [0.717, 1.165) is 54.0 Å². The minimum Gasteiger partial charge on any atom is -0.465 e. The van der Waals surface area contributed by atoms with Crippen LogP contribution in [-0.4, -0.2) is 86.0 Å². The maximum Gasteiger partial charge on any atom is 0.318 e. The molecule has 1 atom stereocenters. The summed E-state index contributed by atoms with van der Waals surface area (Å²) in [5, 5.41) is 6.07. The zero-order valence-electron chi connectivity index (χ0n) is 31.1. The van der Waals surface area contributed by atoms with Crippen molar-refractivity contribution in [3.63, 3.8) is 0 Å². The first-order chi connectivity index (χ1) is 27.0. The van der Waals surface area contributed by atoms with Crippen LogP contribution < -0.4 is 20.4 Å². The van der Waals surface area contributed by atoms with Crippen LogP contribution in [0.15, 0.2) is 67.0 Å². The van der Waals surface area contributed by atoms with Crippen molar-refractivity contribution in [1.29, 1.82) is 0 Å². The first kappa shape index (κ1) is 39.8. The molecule has 0 aliphatic carbocycles. The Morgan fingerprint density at radius 1 is 0.857 bits per heavy atom. The van der Waals surface area contributed by atoms with Gasteiger partial charge in [-0.2, -0.15) is 0 Å². The Balaban J connectivity index is 0.000000249. The van der Waals surface area contributed by atoms with E-state index in [1.54, 1.807) is 13.1 Å². The van der Waals surface area contributed by atoms with Crippen molar-refractivity contribution < 1.29 is 41.4 Å². The molecule has 3 aromatic heterocycles. The molecular formula is C40H41F4N7O5. The molecule has 2 saturated heterocycles. The van der Waals surface area contributed by atoms with Crippen LogP contribution >= 0.6 is 0 Å². The molecular weight excluding hydrogens is 734 g/mol. The summed E-state index contributed by atoms with van der Waals surface area (Å²) in [5.74, 6) is -4.76. The van der Waals surface area contributed by atoms with Crippen molar-refractivity contribution in [3.8, 4) is 11.4 Å². The van der Waals surface area contributed by atoms with Gasteiger partial charge in [0.25, 0.3) is 0 Å². The number of fused-ring (bicyclic) bond motifs is 1. The molecule has 2 N–H and O–H groups in total. The predicted octanol–water partition coefficient (Wildman–Crippen LogP) is 6.80. The quantitative estimate of drug-likeness (QED) is 0.0932. The number of aromatic nitrogens is 3. The number of carbonyl (C=O) groups excluding carboxylic acids is 2. The molecule has 0 saturated carbocycles. The average Bonchev–Trinajstić information content (AvgIpc) is 3.21. The van der Waals surface area contributed by atoms with Crippen molar-refractivity contribution in [2.24, 2.45) is 5.92 Å². The van der Waals surface area contributed by atoms with Gasteiger partial charge in [0, 0.05) is 55.5 Å². The van der Waals surface area contributed by atoms with E-state index in [2.05, 4.69) is 35.1 Å². The van der Waals surface area contributed by atoms with Gasteiger partial charge in [-0.15, -0.1) is 0 Å². The van der Waals surface area contributed by atoms with Gasteiger partial charge in [0.1, 0.15) is 28.9 Å². The van der Waals surface area contributed by atoms with E-state index in [0.29, 0.717) is 68.0 Å². The van der Waals surface area contributed by atoms with E-state index in [4.69, 9.17) is 14.5 Å². The number of morpholine rings is 2. The summed E-state index contributed by atoms with van der Waals surface area (Å²) in [5.41, 5.74) is 4.00. The van der Waals surface area contributed by atoms with Crippen LogP contribution in [0.2, 0.25) is 0 Å². The predicted molar refractivity (Wildman–Crippen MR) is 204 cm³/mol. The molecule has 7 rings (SSSR count). The molecule has 0 bridgehead atoms. The molecule has 2 aliphatic rings. The molecule has 5 aromatic rings. The monoisotopic (exact) mass is 775 g/mol. The number of nitrogens with zero attached hydrogens (tertiary/aromatic N) is 5. The lowest BCUT2D eigenvalue weighted by molar-refractivity contribution is -0.150. The van der Waals surface area contributed by atoms with Crippen molar-refractivity contribution in [1.82, 2.24) is 15.0 Å². The number of esters is 1. The Bertz CT molecular complexity index is 2180. The SMILES string of the molecule is CCOC(=O)C(C)C(=O)Nc1ccc(F)cc1F.Cc1c(-c2ccccn2)nc2c(F)cc(F)cc2c1Nc1cc(N2CCOCC2)cnc1N1CCOCC1. The van der Waals surface area contributed by atoms with Gasteiger partial charge < -0.3 is 34.6 Å². The lowest BCUT2D eigenvalue weighted by Gasteiger charge is -2.32. The summed E-state index contributed by atoms with van der Waals surface area (Å²) < 4.78 is 71.2. The minimum absolute atomic E-state index is 0.0744. The van der Waals surface area contributed by atoms with E-state index in [-0.39, 0.29) is 17.8 Å². The van der Waals surface area contributed by atoms with E-state index >= 15 is 4.39 Å². The van der Waals surface area contributed by atoms with Crippen LogP contribution in [0.5, 0.6) is 0 Å². The number of amides is 1. The molecule has 5 heterocycles. The smallest absolute Gasteiger partial charge is 0.318 e. The fraction of sp³-hybridized carbons (Fsp3) is 0.325. The zero-order valence-corrected chi connectivity index (χ0v) is 31.1. The molecule has 2 fully saturated rings. The van der Waals surface area contributed by atoms with Gasteiger partial charge in [0.05, 0.1) is 73.4 Å². The molecule has 0 spiro atoms. The van der Waals surface area contributed by atoms with Crippen LogP contribution in [0.25, 0.3) is 22.3 Å². The maximum atomic E-state index is 15.1. The molecule has 56 heavy (non-hydrogen) atoms. The van der Waals surface area contributed by atoms with Crippen molar-refractivity contribution in [2.45, 2.75) is 20.8 Å². The van der Waals surface area contributed by atoms with Crippen LogP contribution in [0.4, 0.5) is 46.1 Å². The standard InChI is InChI=1S/C28H28F2N6O2.C12H13F2NO3/c1-18-25(21-14-19(29)15-22(30)27(21)34-26(18)23-4-2-3-5-31-23)33-24-16-20(35-6-10-37-11-7-35)17-32-28(24)36-8-12-38-13-9-36;1-3-18-12(17)7(2)11(16)15-10-5-4-8(13)6-9(10)14/h2-5,14-17H,6-13H2,1H3,(H,33,34);4-7H,3H2,1-2H3,(H,15,16). The van der Waals surface area contributed by atoms with Crippen LogP contribution in [0.3, 0.4) is 0 Å². The highest BCUT2D eigenvalue weighted by molar-refractivity contribution is 6.04. The number of pyridine rings is 3. The summed E-state index contributed by atoms with van der Waals surface area (Å²) in [6.07, 6.45) is 3.54. The number of hydrogen-bond acceptors (Lipinski definition) is 11. The van der Waals surface area contributed by atoms with Gasteiger partial charge in [-0.3, -0.25) is 14.6 Å². The van der Waals surface area contributed by atoms with Crippen molar-refractivity contribution >= 4 is 51.3 Å². The van der Waals surface area contributed by atoms with Gasteiger partial charge >= 0.3 is 5.97 Å². The lowest BCUT2D eigenvalue weighted by atomic mass is 10.0. The maximum absolute atomic E-state index is 15.1. The number of rotatable bonds is 9. The second-order valence-electron chi connectivity index (χ2n) is 12.9. The Labute approximate surface area is 320 Å². The average molecular weight is 776 g/mol. The number of nitrogens with one attached hydrogen (secondary N) is 2. The third kappa shape index (κ3) is 9.32. The molecule has 1 amide bonds. The highest BCUT2D eigenvalue weighted by atomic mass is 19.1. The van der Waals surface area contributed by atoms with Crippen molar-refractivity contribution in [2.75, 3.05) is 79.6 Å². The fourth-order valence-electron chi connectivity index (χ4n) is 6.20. The van der Waals surface area contributed by atoms with E-state index < -0.39 is 41.1 Å². The topological polar surface area (TPSA) is 131 Å². The van der Waals surface area contributed by atoms with Gasteiger partial charge in [-0.05, 0) is 57.2 Å². The molecule has 16 heteroatoms. The summed E-state index contributed by atoms with van der Waals surface area (Å²) in [6.45, 7) is 10.4. The van der Waals surface area contributed by atoms with Gasteiger partial charge in [-0.25, -0.2) is 27.5 Å². The van der Waals surface area contributed by atoms with Crippen LogP contribution in [0, 0.1) is 36.1 Å². The van der Waals surface area contributed by atoms with Gasteiger partial charge in [-0.1, -0.05) is 6.07 Å². The summed E-state index contributed by atoms with van der Waals surface area (Å²) in [7, 11) is 0. The van der Waals surface area contributed by atoms with Crippen LogP contribution in [0.1, 0.15) is 19.4 Å². The summed E-state index contributed by atoms with van der Waals surface area (Å²) in [6, 6.07) is 12.4. The third-order valence-corrected chi connectivity index (χ3v) is 9.18. The molecule has 12 nitrogen and oxygen atoms in total. The second kappa shape index (κ2) is 18.2. The Morgan fingerprint density at radius 2 is 1.55 bits per heavy atom. The highest BCUT2D eigenvalue weighted by Gasteiger charge is 2.25. The number of anilines is 5.